The van der Waals surface area contributed by atoms with Gasteiger partial charge in [-0.3, -0.25) is 4.98 Å². The van der Waals surface area contributed by atoms with Gasteiger partial charge in [0.05, 0.1) is 11.8 Å². The van der Waals surface area contributed by atoms with Crippen molar-refractivity contribution in [2.24, 2.45) is 0 Å². The minimum Gasteiger partial charge on any atom is -0.371 e. The highest BCUT2D eigenvalue weighted by atomic mass is 32.2. The van der Waals surface area contributed by atoms with Crippen LogP contribution in [0, 0.1) is 5.82 Å². The average molecular weight is 337 g/mol. The van der Waals surface area contributed by atoms with Gasteiger partial charge in [-0.1, -0.05) is 0 Å². The summed E-state index contributed by atoms with van der Waals surface area (Å²) in [5, 5.41) is 0.920. The fourth-order valence-electron chi connectivity index (χ4n) is 3.12. The standard InChI is InChI=1S/C16H20FN3O2S/c1-19(23(2,21)22)13-6-9-20(10-7-13)16-5-8-18-15-11-12(17)3-4-14(15)16/h3-5,8,11,13H,6-7,9-10H2,1-2H3. The molecule has 0 aliphatic carbocycles. The summed E-state index contributed by atoms with van der Waals surface area (Å²) in [5.74, 6) is -0.296. The Morgan fingerprint density at radius 3 is 2.61 bits per heavy atom. The van der Waals surface area contributed by atoms with Gasteiger partial charge in [-0.15, -0.1) is 0 Å². The van der Waals surface area contributed by atoms with Crippen LogP contribution in [0.25, 0.3) is 10.9 Å². The summed E-state index contributed by atoms with van der Waals surface area (Å²) < 4.78 is 38.1. The third-order valence-corrected chi connectivity index (χ3v) is 5.87. The van der Waals surface area contributed by atoms with E-state index >= 15 is 0 Å². The van der Waals surface area contributed by atoms with E-state index < -0.39 is 10.0 Å². The highest BCUT2D eigenvalue weighted by molar-refractivity contribution is 7.88. The van der Waals surface area contributed by atoms with Crippen LogP contribution in [-0.2, 0) is 10.0 Å². The molecule has 2 heterocycles. The summed E-state index contributed by atoms with van der Waals surface area (Å²) in [6.45, 7) is 1.53. The van der Waals surface area contributed by atoms with Crippen LogP contribution in [0.2, 0.25) is 0 Å². The van der Waals surface area contributed by atoms with E-state index in [4.69, 9.17) is 0 Å². The van der Waals surface area contributed by atoms with Gasteiger partial charge < -0.3 is 4.90 Å². The fourth-order valence-corrected chi connectivity index (χ4v) is 3.88. The number of aromatic nitrogens is 1. The van der Waals surface area contributed by atoms with Gasteiger partial charge in [0.15, 0.2) is 0 Å². The average Bonchev–Trinajstić information content (AvgIpc) is 2.52. The van der Waals surface area contributed by atoms with Crippen LogP contribution in [0.3, 0.4) is 0 Å². The highest BCUT2D eigenvalue weighted by Gasteiger charge is 2.27. The van der Waals surface area contributed by atoms with Gasteiger partial charge in [-0.05, 0) is 31.0 Å². The number of hydrogen-bond donors (Lipinski definition) is 0. The number of fused-ring (bicyclic) bond motifs is 1. The molecular formula is C16H20FN3O2S. The maximum Gasteiger partial charge on any atom is 0.211 e. The number of hydrogen-bond acceptors (Lipinski definition) is 4. The molecule has 0 N–H and O–H groups in total. The van der Waals surface area contributed by atoms with Crippen LogP contribution < -0.4 is 4.90 Å². The Morgan fingerprint density at radius 2 is 1.96 bits per heavy atom. The van der Waals surface area contributed by atoms with Crippen LogP contribution >= 0.6 is 0 Å². The highest BCUT2D eigenvalue weighted by Crippen LogP contribution is 2.29. The molecule has 5 nitrogen and oxygen atoms in total. The zero-order chi connectivity index (χ0) is 16.6. The Kier molecular flexibility index (Phi) is 4.25. The van der Waals surface area contributed by atoms with Crippen LogP contribution in [-0.4, -0.2) is 50.1 Å². The van der Waals surface area contributed by atoms with E-state index in [1.165, 1.54) is 22.7 Å². The molecule has 0 bridgehead atoms. The van der Waals surface area contributed by atoms with E-state index in [1.807, 2.05) is 6.07 Å². The zero-order valence-electron chi connectivity index (χ0n) is 13.2. The molecule has 23 heavy (non-hydrogen) atoms. The van der Waals surface area contributed by atoms with E-state index in [9.17, 15) is 12.8 Å². The molecule has 1 fully saturated rings. The lowest BCUT2D eigenvalue weighted by molar-refractivity contribution is 0.314. The predicted molar refractivity (Wildman–Crippen MR) is 89.5 cm³/mol. The smallest absolute Gasteiger partial charge is 0.211 e. The summed E-state index contributed by atoms with van der Waals surface area (Å²) in [4.78, 5) is 6.44. The second kappa shape index (κ2) is 6.05. The molecule has 3 rings (SSSR count). The SMILES string of the molecule is CN(C1CCN(c2ccnc3cc(F)ccc23)CC1)S(C)(=O)=O. The van der Waals surface area contributed by atoms with Gasteiger partial charge in [0.2, 0.25) is 10.0 Å². The minimum absolute atomic E-state index is 0.0341. The summed E-state index contributed by atoms with van der Waals surface area (Å²) in [6, 6.07) is 6.59. The number of anilines is 1. The lowest BCUT2D eigenvalue weighted by Gasteiger charge is -2.37. The summed E-state index contributed by atoms with van der Waals surface area (Å²) in [6.07, 6.45) is 4.47. The molecular weight excluding hydrogens is 317 g/mol. The molecule has 1 aromatic heterocycles. The molecule has 0 saturated carbocycles. The number of halogens is 1. The number of pyridine rings is 1. The molecule has 1 aliphatic rings. The van der Waals surface area contributed by atoms with Gasteiger partial charge in [-0.2, -0.15) is 0 Å². The number of rotatable bonds is 3. The predicted octanol–water partition coefficient (Wildman–Crippen LogP) is 2.23. The number of piperidine rings is 1. The monoisotopic (exact) mass is 337 g/mol. The van der Waals surface area contributed by atoms with Gasteiger partial charge in [0.25, 0.3) is 0 Å². The Balaban J connectivity index is 1.81. The number of sulfonamides is 1. The molecule has 0 atom stereocenters. The first-order valence-electron chi connectivity index (χ1n) is 7.58. The first-order valence-corrected chi connectivity index (χ1v) is 9.43. The summed E-state index contributed by atoms with van der Waals surface area (Å²) in [5.41, 5.74) is 1.66. The molecule has 124 valence electrons. The van der Waals surface area contributed by atoms with Crippen LogP contribution in [0.1, 0.15) is 12.8 Å². The molecule has 1 saturated heterocycles. The minimum atomic E-state index is -3.16. The van der Waals surface area contributed by atoms with Crippen molar-refractivity contribution in [3.63, 3.8) is 0 Å². The third-order valence-electron chi connectivity index (χ3n) is 4.52. The lowest BCUT2D eigenvalue weighted by Crippen LogP contribution is -2.45. The third kappa shape index (κ3) is 3.30. The molecule has 1 aliphatic heterocycles. The van der Waals surface area contributed by atoms with E-state index in [1.54, 1.807) is 19.3 Å². The van der Waals surface area contributed by atoms with Crippen molar-refractivity contribution in [2.75, 3.05) is 31.3 Å². The molecule has 7 heteroatoms. The molecule has 0 spiro atoms. The molecule has 2 aromatic rings. The van der Waals surface area contributed by atoms with E-state index in [0.29, 0.717) is 5.52 Å². The Labute approximate surface area is 135 Å². The van der Waals surface area contributed by atoms with Crippen molar-refractivity contribution in [3.05, 3.63) is 36.3 Å². The quantitative estimate of drug-likeness (QED) is 0.862. The molecule has 0 unspecified atom stereocenters. The largest absolute Gasteiger partial charge is 0.371 e. The Hall–Kier alpha value is -1.73. The second-order valence-corrected chi connectivity index (χ2v) is 8.03. The van der Waals surface area contributed by atoms with E-state index in [0.717, 1.165) is 37.0 Å². The van der Waals surface area contributed by atoms with E-state index in [2.05, 4.69) is 9.88 Å². The van der Waals surface area contributed by atoms with Gasteiger partial charge >= 0.3 is 0 Å². The Morgan fingerprint density at radius 1 is 1.26 bits per heavy atom. The van der Waals surface area contributed by atoms with Gasteiger partial charge in [0, 0.05) is 49.5 Å². The maximum absolute atomic E-state index is 13.3. The normalized spacial score (nSPS) is 17.1. The first kappa shape index (κ1) is 16.1. The summed E-state index contributed by atoms with van der Waals surface area (Å²) in [7, 11) is -1.52. The number of benzene rings is 1. The first-order chi connectivity index (χ1) is 10.9. The lowest BCUT2D eigenvalue weighted by atomic mass is 10.0. The summed E-state index contributed by atoms with van der Waals surface area (Å²) >= 11 is 0. The van der Waals surface area contributed by atoms with Crippen LogP contribution in [0.4, 0.5) is 10.1 Å². The zero-order valence-corrected chi connectivity index (χ0v) is 14.1. The van der Waals surface area contributed by atoms with Crippen molar-refractivity contribution in [2.45, 2.75) is 18.9 Å². The second-order valence-electron chi connectivity index (χ2n) is 5.99. The maximum atomic E-state index is 13.3. The van der Waals surface area contributed by atoms with Gasteiger partial charge in [-0.25, -0.2) is 17.1 Å². The van der Waals surface area contributed by atoms with Crippen molar-refractivity contribution < 1.29 is 12.8 Å². The fraction of sp³-hybridized carbons (Fsp3) is 0.438. The van der Waals surface area contributed by atoms with Crippen molar-refractivity contribution in [1.29, 1.82) is 0 Å². The van der Waals surface area contributed by atoms with Crippen molar-refractivity contribution >= 4 is 26.6 Å². The van der Waals surface area contributed by atoms with Crippen LogP contribution in [0.15, 0.2) is 30.5 Å². The van der Waals surface area contributed by atoms with E-state index in [-0.39, 0.29) is 11.9 Å². The topological polar surface area (TPSA) is 53.5 Å². The molecule has 0 radical (unpaired) electrons. The molecule has 0 amide bonds. The van der Waals surface area contributed by atoms with Crippen molar-refractivity contribution in [1.82, 2.24) is 9.29 Å². The number of nitrogens with zero attached hydrogens (tertiary/aromatic N) is 3. The van der Waals surface area contributed by atoms with Gasteiger partial charge in [0.1, 0.15) is 5.82 Å². The molecule has 1 aromatic carbocycles. The Bertz CT molecular complexity index is 817. The van der Waals surface area contributed by atoms with Crippen molar-refractivity contribution in [3.8, 4) is 0 Å². The van der Waals surface area contributed by atoms with Crippen LogP contribution in [0.5, 0.6) is 0 Å².